The van der Waals surface area contributed by atoms with Gasteiger partial charge in [-0.05, 0) is 23.8 Å². The molecule has 0 radical (unpaired) electrons. The van der Waals surface area contributed by atoms with E-state index in [0.29, 0.717) is 22.6 Å². The second-order valence-electron chi connectivity index (χ2n) is 7.27. The molecule has 5 rings (SSSR count). The van der Waals surface area contributed by atoms with E-state index in [2.05, 4.69) is 14.9 Å². The van der Waals surface area contributed by atoms with E-state index in [9.17, 15) is 13.2 Å². The molecule has 8 nitrogen and oxygen atoms in total. The molecule has 0 fully saturated rings. The Labute approximate surface area is 193 Å². The third kappa shape index (κ3) is 4.49. The zero-order valence-corrected chi connectivity index (χ0v) is 18.8. The largest absolute Gasteiger partial charge is 0.338 e. The molecule has 0 atom stereocenters. The SMILES string of the molecule is O=c1sc2cc(S(=O)(=O)NCc3nc(-c4ccccc4)no3)ccc2n1Cc1ccccc1. The van der Waals surface area contributed by atoms with Crippen molar-refractivity contribution < 1.29 is 12.9 Å². The summed E-state index contributed by atoms with van der Waals surface area (Å²) in [5, 5.41) is 3.89. The number of nitrogens with zero attached hydrogens (tertiary/aromatic N) is 3. The summed E-state index contributed by atoms with van der Waals surface area (Å²) in [5.74, 6) is 0.535. The summed E-state index contributed by atoms with van der Waals surface area (Å²) >= 11 is 1.02. The first-order valence-electron chi connectivity index (χ1n) is 10.0. The number of sulfonamides is 1. The minimum absolute atomic E-state index is 0.0610. The van der Waals surface area contributed by atoms with Crippen LogP contribution in [-0.4, -0.2) is 23.1 Å². The van der Waals surface area contributed by atoms with E-state index in [1.54, 1.807) is 10.6 Å². The lowest BCUT2D eigenvalue weighted by atomic mass is 10.2. The Morgan fingerprint density at radius 2 is 1.70 bits per heavy atom. The van der Waals surface area contributed by atoms with Crippen LogP contribution in [0.3, 0.4) is 0 Å². The molecular formula is C23H18N4O4S2. The molecule has 3 aromatic carbocycles. The van der Waals surface area contributed by atoms with Crippen molar-refractivity contribution >= 4 is 31.6 Å². The van der Waals surface area contributed by atoms with Crippen molar-refractivity contribution in [2.45, 2.75) is 18.0 Å². The second kappa shape index (κ2) is 8.74. The summed E-state index contributed by atoms with van der Waals surface area (Å²) < 4.78 is 35.5. The van der Waals surface area contributed by atoms with Crippen LogP contribution in [0.25, 0.3) is 21.6 Å². The van der Waals surface area contributed by atoms with Gasteiger partial charge in [0, 0.05) is 5.56 Å². The standard InChI is InChI=1S/C23H18N4O4S2/c28-23-27(15-16-7-3-1-4-8-16)19-12-11-18(13-20(19)32-23)33(29,30)24-14-21-25-22(26-31-21)17-9-5-2-6-10-17/h1-13,24H,14-15H2. The topological polar surface area (TPSA) is 107 Å². The highest BCUT2D eigenvalue weighted by Gasteiger charge is 2.18. The molecule has 0 spiro atoms. The summed E-state index contributed by atoms with van der Waals surface area (Å²) in [7, 11) is -3.85. The molecule has 10 heteroatoms. The van der Waals surface area contributed by atoms with Gasteiger partial charge in [0.25, 0.3) is 0 Å². The number of rotatable bonds is 7. The average molecular weight is 479 g/mol. The zero-order chi connectivity index (χ0) is 22.8. The molecule has 2 aromatic heterocycles. The Hall–Kier alpha value is -3.60. The van der Waals surface area contributed by atoms with Gasteiger partial charge < -0.3 is 4.52 Å². The fraction of sp³-hybridized carbons (Fsp3) is 0.0870. The lowest BCUT2D eigenvalue weighted by Crippen LogP contribution is -2.23. The van der Waals surface area contributed by atoms with Crippen LogP contribution in [-0.2, 0) is 23.1 Å². The molecule has 0 unspecified atom stereocenters. The van der Waals surface area contributed by atoms with Gasteiger partial charge in [-0.1, -0.05) is 77.2 Å². The zero-order valence-electron chi connectivity index (χ0n) is 17.2. The number of hydrogen-bond donors (Lipinski definition) is 1. The first kappa shape index (κ1) is 21.3. The summed E-state index contributed by atoms with van der Waals surface area (Å²) in [6, 6.07) is 23.5. The summed E-state index contributed by atoms with van der Waals surface area (Å²) in [4.78, 5) is 16.7. The Balaban J connectivity index is 1.35. The molecule has 0 bridgehead atoms. The highest BCUT2D eigenvalue weighted by molar-refractivity contribution is 7.89. The molecule has 0 aliphatic rings. The number of thiazole rings is 1. The normalized spacial score (nSPS) is 11.8. The fourth-order valence-electron chi connectivity index (χ4n) is 3.40. The predicted molar refractivity (Wildman–Crippen MR) is 125 cm³/mol. The third-order valence-corrected chi connectivity index (χ3v) is 7.39. The van der Waals surface area contributed by atoms with Crippen molar-refractivity contribution in [2.24, 2.45) is 0 Å². The minimum atomic E-state index is -3.85. The monoisotopic (exact) mass is 478 g/mol. The van der Waals surface area contributed by atoms with Crippen molar-refractivity contribution in [3.63, 3.8) is 0 Å². The van der Waals surface area contributed by atoms with Crippen LogP contribution in [0.2, 0.25) is 0 Å². The molecule has 0 amide bonds. The van der Waals surface area contributed by atoms with Gasteiger partial charge in [0.1, 0.15) is 0 Å². The number of hydrogen-bond acceptors (Lipinski definition) is 7. The van der Waals surface area contributed by atoms with Gasteiger partial charge in [-0.3, -0.25) is 9.36 Å². The van der Waals surface area contributed by atoms with Gasteiger partial charge >= 0.3 is 4.87 Å². The first-order valence-corrected chi connectivity index (χ1v) is 12.3. The van der Waals surface area contributed by atoms with Crippen LogP contribution >= 0.6 is 11.3 Å². The van der Waals surface area contributed by atoms with Crippen LogP contribution in [0.1, 0.15) is 11.5 Å². The third-order valence-electron chi connectivity index (χ3n) is 5.05. The quantitative estimate of drug-likeness (QED) is 0.383. The summed E-state index contributed by atoms with van der Waals surface area (Å²) in [5.41, 5.74) is 2.46. The van der Waals surface area contributed by atoms with Gasteiger partial charge in [0.2, 0.25) is 21.7 Å². The molecule has 2 heterocycles. The first-order chi connectivity index (χ1) is 16.0. The van der Waals surface area contributed by atoms with Gasteiger partial charge in [-0.15, -0.1) is 0 Å². The van der Waals surface area contributed by atoms with Crippen LogP contribution in [0, 0.1) is 0 Å². The maximum absolute atomic E-state index is 12.8. The van der Waals surface area contributed by atoms with E-state index >= 15 is 0 Å². The van der Waals surface area contributed by atoms with Crippen molar-refractivity contribution in [1.82, 2.24) is 19.4 Å². The highest BCUT2D eigenvalue weighted by atomic mass is 32.2. The second-order valence-corrected chi connectivity index (χ2v) is 10.0. The molecule has 5 aromatic rings. The lowest BCUT2D eigenvalue weighted by molar-refractivity contribution is 0.376. The Morgan fingerprint density at radius 3 is 2.45 bits per heavy atom. The smallest absolute Gasteiger partial charge is 0.308 e. The van der Waals surface area contributed by atoms with Crippen LogP contribution in [0.15, 0.2) is 93.1 Å². The van der Waals surface area contributed by atoms with Crippen molar-refractivity contribution in [3.8, 4) is 11.4 Å². The molecule has 0 saturated carbocycles. The maximum atomic E-state index is 12.8. The molecule has 0 saturated heterocycles. The molecule has 166 valence electrons. The Kier molecular flexibility index (Phi) is 5.63. The van der Waals surface area contributed by atoms with Gasteiger partial charge in [-0.25, -0.2) is 13.1 Å². The minimum Gasteiger partial charge on any atom is -0.338 e. The van der Waals surface area contributed by atoms with E-state index < -0.39 is 10.0 Å². The fourth-order valence-corrected chi connectivity index (χ4v) is 5.41. The molecular weight excluding hydrogens is 460 g/mol. The van der Waals surface area contributed by atoms with E-state index in [1.165, 1.54) is 12.1 Å². The van der Waals surface area contributed by atoms with Gasteiger partial charge in [0.15, 0.2) is 0 Å². The number of nitrogens with one attached hydrogen (secondary N) is 1. The maximum Gasteiger partial charge on any atom is 0.308 e. The predicted octanol–water partition coefficient (Wildman–Crippen LogP) is 3.64. The van der Waals surface area contributed by atoms with E-state index in [0.717, 1.165) is 22.5 Å². The van der Waals surface area contributed by atoms with Crippen LogP contribution in [0.5, 0.6) is 0 Å². The van der Waals surface area contributed by atoms with E-state index in [-0.39, 0.29) is 22.2 Å². The number of aromatic nitrogens is 3. The number of benzene rings is 3. The average Bonchev–Trinajstić information content (AvgIpc) is 3.43. The van der Waals surface area contributed by atoms with Crippen molar-refractivity contribution in [2.75, 3.05) is 0 Å². The Morgan fingerprint density at radius 1 is 0.970 bits per heavy atom. The van der Waals surface area contributed by atoms with Crippen molar-refractivity contribution in [3.05, 3.63) is 100.0 Å². The molecule has 33 heavy (non-hydrogen) atoms. The molecule has 1 N–H and O–H groups in total. The van der Waals surface area contributed by atoms with Gasteiger partial charge in [0.05, 0.1) is 28.2 Å². The Bertz CT molecular complexity index is 1570. The van der Waals surface area contributed by atoms with E-state index in [1.807, 2.05) is 60.7 Å². The lowest BCUT2D eigenvalue weighted by Gasteiger charge is -2.06. The van der Waals surface area contributed by atoms with Crippen LogP contribution < -0.4 is 9.60 Å². The van der Waals surface area contributed by atoms with Crippen molar-refractivity contribution in [1.29, 1.82) is 0 Å². The number of fused-ring (bicyclic) bond motifs is 1. The highest BCUT2D eigenvalue weighted by Crippen LogP contribution is 2.23. The summed E-state index contributed by atoms with van der Waals surface area (Å²) in [6.45, 7) is 0.274. The van der Waals surface area contributed by atoms with Gasteiger partial charge in [-0.2, -0.15) is 4.98 Å². The molecule has 0 aliphatic heterocycles. The van der Waals surface area contributed by atoms with Crippen LogP contribution in [0.4, 0.5) is 0 Å². The molecule has 0 aliphatic carbocycles. The summed E-state index contributed by atoms with van der Waals surface area (Å²) in [6.07, 6.45) is 0. The van der Waals surface area contributed by atoms with E-state index in [4.69, 9.17) is 4.52 Å².